The van der Waals surface area contributed by atoms with Crippen LogP contribution >= 0.6 is 0 Å². The fourth-order valence-electron chi connectivity index (χ4n) is 1.70. The molecular weight excluding hydrogens is 186 g/mol. The predicted octanol–water partition coefficient (Wildman–Crippen LogP) is 2.68. The summed E-state index contributed by atoms with van der Waals surface area (Å²) in [4.78, 5) is 0. The normalized spacial score (nSPS) is 13.3. The van der Waals surface area contributed by atoms with Crippen LogP contribution in [0.25, 0.3) is 0 Å². The van der Waals surface area contributed by atoms with Gasteiger partial charge in [0.1, 0.15) is 0 Å². The molecule has 1 aromatic carbocycles. The van der Waals surface area contributed by atoms with E-state index in [-0.39, 0.29) is 17.9 Å². The SMILES string of the molecule is CC(C)(C)[C@H](CO)c1cccc(C#N)c1. The van der Waals surface area contributed by atoms with Crippen LogP contribution < -0.4 is 0 Å². The van der Waals surface area contributed by atoms with Gasteiger partial charge >= 0.3 is 0 Å². The molecule has 1 rings (SSSR count). The number of aliphatic hydroxyl groups excluding tert-OH is 1. The summed E-state index contributed by atoms with van der Waals surface area (Å²) in [7, 11) is 0. The molecule has 1 aromatic rings. The first-order chi connectivity index (χ1) is 6.99. The Morgan fingerprint density at radius 3 is 2.53 bits per heavy atom. The van der Waals surface area contributed by atoms with Gasteiger partial charge < -0.3 is 5.11 Å². The molecule has 1 atom stereocenters. The average molecular weight is 203 g/mol. The van der Waals surface area contributed by atoms with E-state index in [9.17, 15) is 5.11 Å². The fraction of sp³-hybridized carbons (Fsp3) is 0.462. The van der Waals surface area contributed by atoms with Crippen LogP contribution in [-0.4, -0.2) is 11.7 Å². The Balaban J connectivity index is 3.09. The van der Waals surface area contributed by atoms with E-state index in [2.05, 4.69) is 26.8 Å². The zero-order valence-corrected chi connectivity index (χ0v) is 9.49. The monoisotopic (exact) mass is 203 g/mol. The third-order valence-electron chi connectivity index (χ3n) is 2.65. The summed E-state index contributed by atoms with van der Waals surface area (Å²) in [5.41, 5.74) is 1.68. The van der Waals surface area contributed by atoms with Gasteiger partial charge in [-0.3, -0.25) is 0 Å². The molecule has 0 fully saturated rings. The van der Waals surface area contributed by atoms with Crippen LogP contribution in [0.15, 0.2) is 24.3 Å². The Bertz CT molecular complexity index is 371. The van der Waals surface area contributed by atoms with Crippen molar-refractivity contribution in [2.75, 3.05) is 6.61 Å². The maximum Gasteiger partial charge on any atom is 0.0991 e. The lowest BCUT2D eigenvalue weighted by Crippen LogP contribution is -2.21. The number of nitriles is 1. The Kier molecular flexibility index (Phi) is 3.49. The zero-order valence-electron chi connectivity index (χ0n) is 9.49. The van der Waals surface area contributed by atoms with E-state index in [1.54, 1.807) is 6.07 Å². The lowest BCUT2D eigenvalue weighted by atomic mass is 9.77. The van der Waals surface area contributed by atoms with Crippen molar-refractivity contribution >= 4 is 0 Å². The maximum absolute atomic E-state index is 9.40. The first-order valence-corrected chi connectivity index (χ1v) is 5.10. The predicted molar refractivity (Wildman–Crippen MR) is 60.4 cm³/mol. The van der Waals surface area contributed by atoms with Crippen molar-refractivity contribution < 1.29 is 5.11 Å². The molecule has 0 radical (unpaired) electrons. The maximum atomic E-state index is 9.40. The molecule has 0 amide bonds. The molecule has 0 aliphatic heterocycles. The Morgan fingerprint density at radius 1 is 1.40 bits per heavy atom. The Morgan fingerprint density at radius 2 is 2.07 bits per heavy atom. The molecule has 0 heterocycles. The van der Waals surface area contributed by atoms with Crippen molar-refractivity contribution in [3.05, 3.63) is 35.4 Å². The number of rotatable bonds is 2. The topological polar surface area (TPSA) is 44.0 Å². The second-order valence-corrected chi connectivity index (χ2v) is 4.84. The summed E-state index contributed by atoms with van der Waals surface area (Å²) >= 11 is 0. The highest BCUT2D eigenvalue weighted by Crippen LogP contribution is 2.34. The third kappa shape index (κ3) is 2.81. The molecular formula is C13H17NO. The summed E-state index contributed by atoms with van der Waals surface area (Å²) in [6, 6.07) is 9.58. The van der Waals surface area contributed by atoms with Gasteiger partial charge in [-0.1, -0.05) is 32.9 Å². The highest BCUT2D eigenvalue weighted by Gasteiger charge is 2.25. The molecule has 2 nitrogen and oxygen atoms in total. The third-order valence-corrected chi connectivity index (χ3v) is 2.65. The van der Waals surface area contributed by atoms with Crippen LogP contribution in [0.5, 0.6) is 0 Å². The first kappa shape index (κ1) is 11.7. The second kappa shape index (κ2) is 4.46. The molecule has 80 valence electrons. The molecule has 0 unspecified atom stereocenters. The lowest BCUT2D eigenvalue weighted by Gasteiger charge is -2.29. The molecule has 15 heavy (non-hydrogen) atoms. The minimum atomic E-state index is 0.00281. The smallest absolute Gasteiger partial charge is 0.0991 e. The average Bonchev–Trinajstić information content (AvgIpc) is 2.17. The molecule has 1 N–H and O–H groups in total. The van der Waals surface area contributed by atoms with Crippen LogP contribution in [-0.2, 0) is 0 Å². The van der Waals surface area contributed by atoms with Gasteiger partial charge in [0, 0.05) is 5.92 Å². The van der Waals surface area contributed by atoms with Crippen LogP contribution in [0.2, 0.25) is 0 Å². The molecule has 0 saturated carbocycles. The largest absolute Gasteiger partial charge is 0.396 e. The van der Waals surface area contributed by atoms with E-state index in [1.165, 1.54) is 0 Å². The molecule has 2 heteroatoms. The van der Waals surface area contributed by atoms with Crippen molar-refractivity contribution in [2.45, 2.75) is 26.7 Å². The van der Waals surface area contributed by atoms with Crippen LogP contribution in [0.4, 0.5) is 0 Å². The van der Waals surface area contributed by atoms with Crippen LogP contribution in [0, 0.1) is 16.7 Å². The molecule has 0 aromatic heterocycles. The van der Waals surface area contributed by atoms with Crippen molar-refractivity contribution in [3.63, 3.8) is 0 Å². The van der Waals surface area contributed by atoms with Gasteiger partial charge in [0.2, 0.25) is 0 Å². The van der Waals surface area contributed by atoms with Crippen molar-refractivity contribution in [3.8, 4) is 6.07 Å². The molecule has 0 saturated heterocycles. The number of hydrogen-bond donors (Lipinski definition) is 1. The van der Waals surface area contributed by atoms with Gasteiger partial charge in [-0.2, -0.15) is 5.26 Å². The van der Waals surface area contributed by atoms with Crippen LogP contribution in [0.1, 0.15) is 37.8 Å². The summed E-state index contributed by atoms with van der Waals surface area (Å²) < 4.78 is 0. The molecule has 0 bridgehead atoms. The number of hydrogen-bond acceptors (Lipinski definition) is 2. The molecule has 0 aliphatic carbocycles. The fourth-order valence-corrected chi connectivity index (χ4v) is 1.70. The summed E-state index contributed by atoms with van der Waals surface area (Å²) in [6.45, 7) is 6.38. The van der Waals surface area contributed by atoms with E-state index >= 15 is 0 Å². The van der Waals surface area contributed by atoms with Gasteiger partial charge in [-0.25, -0.2) is 0 Å². The highest BCUT2D eigenvalue weighted by atomic mass is 16.3. The summed E-state index contributed by atoms with van der Waals surface area (Å²) in [5.74, 6) is 0.0748. The second-order valence-electron chi connectivity index (χ2n) is 4.84. The van der Waals surface area contributed by atoms with Gasteiger partial charge in [-0.05, 0) is 23.1 Å². The van der Waals surface area contributed by atoms with E-state index in [0.717, 1.165) is 5.56 Å². The highest BCUT2D eigenvalue weighted by molar-refractivity contribution is 5.35. The number of benzene rings is 1. The van der Waals surface area contributed by atoms with Crippen LogP contribution in [0.3, 0.4) is 0 Å². The minimum absolute atomic E-state index is 0.00281. The summed E-state index contributed by atoms with van der Waals surface area (Å²) in [6.07, 6.45) is 0. The van der Waals surface area contributed by atoms with Gasteiger partial charge in [0.25, 0.3) is 0 Å². The van der Waals surface area contributed by atoms with Crippen molar-refractivity contribution in [1.82, 2.24) is 0 Å². The van der Waals surface area contributed by atoms with E-state index in [0.29, 0.717) is 5.56 Å². The Hall–Kier alpha value is -1.33. The standard InChI is InChI=1S/C13H17NO/c1-13(2,3)12(9-15)11-6-4-5-10(7-11)8-14/h4-7,12,15H,9H2,1-3H3/t12-/m1/s1. The number of aliphatic hydroxyl groups is 1. The van der Waals surface area contributed by atoms with Gasteiger partial charge in [0.05, 0.1) is 18.2 Å². The molecule has 0 spiro atoms. The molecule has 0 aliphatic rings. The quantitative estimate of drug-likeness (QED) is 0.803. The van der Waals surface area contributed by atoms with Crippen molar-refractivity contribution in [1.29, 1.82) is 5.26 Å². The van der Waals surface area contributed by atoms with E-state index < -0.39 is 0 Å². The van der Waals surface area contributed by atoms with Crippen molar-refractivity contribution in [2.24, 2.45) is 5.41 Å². The first-order valence-electron chi connectivity index (χ1n) is 5.10. The Labute approximate surface area is 91.2 Å². The summed E-state index contributed by atoms with van der Waals surface area (Å²) in [5, 5.41) is 18.2. The van der Waals surface area contributed by atoms with E-state index in [1.807, 2.05) is 18.2 Å². The van der Waals surface area contributed by atoms with Gasteiger partial charge in [0.15, 0.2) is 0 Å². The number of nitrogens with zero attached hydrogens (tertiary/aromatic N) is 1. The van der Waals surface area contributed by atoms with E-state index in [4.69, 9.17) is 5.26 Å². The van der Waals surface area contributed by atoms with Gasteiger partial charge in [-0.15, -0.1) is 0 Å². The lowest BCUT2D eigenvalue weighted by molar-refractivity contribution is 0.187. The zero-order chi connectivity index (χ0) is 11.5. The minimum Gasteiger partial charge on any atom is -0.396 e.